The third-order valence-electron chi connectivity index (χ3n) is 2.99. The van der Waals surface area contributed by atoms with Gasteiger partial charge in [0.1, 0.15) is 5.65 Å². The highest BCUT2D eigenvalue weighted by molar-refractivity contribution is 6.36. The minimum absolute atomic E-state index is 0.0177. The summed E-state index contributed by atoms with van der Waals surface area (Å²) in [6, 6.07) is 7.11. The van der Waals surface area contributed by atoms with Crippen LogP contribution >= 0.6 is 23.2 Å². The maximum Gasteiger partial charge on any atom is 0.209 e. The molecule has 0 saturated carbocycles. The molecule has 2 aromatic heterocycles. The zero-order valence-corrected chi connectivity index (χ0v) is 12.4. The average molecular weight is 323 g/mol. The fraction of sp³-hybridized carbons (Fsp3) is 0.143. The smallest absolute Gasteiger partial charge is 0.209 e. The molecule has 0 radical (unpaired) electrons. The molecule has 0 atom stereocenters. The van der Waals surface area contributed by atoms with Crippen LogP contribution in [0.1, 0.15) is 0 Å². The molecule has 7 heteroatoms. The Morgan fingerprint density at radius 3 is 2.86 bits per heavy atom. The Labute approximate surface area is 131 Å². The molecule has 0 aliphatic carbocycles. The van der Waals surface area contributed by atoms with E-state index >= 15 is 0 Å². The van der Waals surface area contributed by atoms with Gasteiger partial charge in [0.05, 0.1) is 17.3 Å². The lowest BCUT2D eigenvalue weighted by atomic mass is 10.1. The summed E-state index contributed by atoms with van der Waals surface area (Å²) >= 11 is 12.2. The average Bonchev–Trinajstić information content (AvgIpc) is 2.93. The van der Waals surface area contributed by atoms with Gasteiger partial charge in [-0.25, -0.2) is 9.97 Å². The first-order valence-electron chi connectivity index (χ1n) is 6.33. The summed E-state index contributed by atoms with van der Waals surface area (Å²) in [5.41, 5.74) is 2.21. The molecule has 5 nitrogen and oxygen atoms in total. The van der Waals surface area contributed by atoms with Gasteiger partial charge in [0.15, 0.2) is 0 Å². The van der Waals surface area contributed by atoms with Crippen LogP contribution in [-0.4, -0.2) is 32.6 Å². The summed E-state index contributed by atoms with van der Waals surface area (Å²) in [6.07, 6.45) is 3.49. The molecule has 0 bridgehead atoms. The lowest BCUT2D eigenvalue weighted by molar-refractivity contribution is 0.310. The molecular formula is C14H12Cl2N4O. The van der Waals surface area contributed by atoms with Gasteiger partial charge in [0, 0.05) is 35.6 Å². The van der Waals surface area contributed by atoms with Gasteiger partial charge >= 0.3 is 0 Å². The predicted octanol–water partition coefficient (Wildman–Crippen LogP) is 3.11. The van der Waals surface area contributed by atoms with Crippen molar-refractivity contribution < 1.29 is 5.11 Å². The first-order chi connectivity index (χ1) is 10.2. The van der Waals surface area contributed by atoms with Crippen molar-refractivity contribution >= 4 is 34.8 Å². The maximum atomic E-state index is 8.96. The molecule has 0 unspecified atom stereocenters. The quantitative estimate of drug-likeness (QED) is 0.774. The van der Waals surface area contributed by atoms with E-state index in [0.717, 1.165) is 11.2 Å². The summed E-state index contributed by atoms with van der Waals surface area (Å²) in [4.78, 5) is 8.82. The lowest BCUT2D eigenvalue weighted by Gasteiger charge is -2.10. The number of aliphatic hydroxyl groups is 1. The second-order valence-corrected chi connectivity index (χ2v) is 5.24. The zero-order valence-electron chi connectivity index (χ0n) is 10.9. The van der Waals surface area contributed by atoms with Gasteiger partial charge in [-0.2, -0.15) is 0 Å². The highest BCUT2D eigenvalue weighted by Gasteiger charge is 2.11. The number of nitrogens with zero attached hydrogens (tertiary/aromatic N) is 3. The number of hydrogen-bond donors (Lipinski definition) is 2. The van der Waals surface area contributed by atoms with Gasteiger partial charge in [-0.05, 0) is 18.2 Å². The van der Waals surface area contributed by atoms with Gasteiger partial charge < -0.3 is 10.4 Å². The fourth-order valence-electron chi connectivity index (χ4n) is 2.05. The predicted molar refractivity (Wildman–Crippen MR) is 84.0 cm³/mol. The molecule has 108 valence electrons. The summed E-state index contributed by atoms with van der Waals surface area (Å²) in [7, 11) is 0. The number of hydrogen-bond acceptors (Lipinski definition) is 4. The van der Waals surface area contributed by atoms with Crippen LogP contribution in [0.25, 0.3) is 16.9 Å². The number of nitrogens with one attached hydrogen (secondary N) is 1. The molecule has 3 rings (SSSR count). The van der Waals surface area contributed by atoms with E-state index in [9.17, 15) is 0 Å². The minimum Gasteiger partial charge on any atom is -0.395 e. The van der Waals surface area contributed by atoms with Crippen molar-refractivity contribution in [3.8, 4) is 11.3 Å². The number of anilines is 1. The SMILES string of the molecule is OCCNc1nc(-c2ccc(Cl)cc2Cl)cc2nccn12. The second-order valence-electron chi connectivity index (χ2n) is 4.39. The van der Waals surface area contributed by atoms with Gasteiger partial charge in [-0.3, -0.25) is 4.40 Å². The third-order valence-corrected chi connectivity index (χ3v) is 3.54. The van der Waals surface area contributed by atoms with E-state index in [2.05, 4.69) is 15.3 Å². The van der Waals surface area contributed by atoms with Gasteiger partial charge in [0.25, 0.3) is 0 Å². The standard InChI is InChI=1S/C14H12Cl2N4O/c15-9-1-2-10(11(16)7-9)12-8-13-17-3-5-20(13)14(19-12)18-4-6-21/h1-3,5,7-8,21H,4,6H2,(H,18,19). The molecule has 0 spiro atoms. The molecule has 0 aliphatic rings. The van der Waals surface area contributed by atoms with Crippen LogP contribution in [0, 0.1) is 0 Å². The van der Waals surface area contributed by atoms with Crippen molar-refractivity contribution in [2.75, 3.05) is 18.5 Å². The van der Waals surface area contributed by atoms with Crippen molar-refractivity contribution in [3.05, 3.63) is 46.7 Å². The number of fused-ring (bicyclic) bond motifs is 1. The van der Waals surface area contributed by atoms with E-state index in [1.165, 1.54) is 0 Å². The summed E-state index contributed by atoms with van der Waals surface area (Å²) in [5, 5.41) is 13.1. The molecule has 2 heterocycles. The maximum absolute atomic E-state index is 8.96. The molecule has 0 saturated heterocycles. The minimum atomic E-state index is 0.0177. The number of rotatable bonds is 4. The van der Waals surface area contributed by atoms with Gasteiger partial charge in [-0.15, -0.1) is 0 Å². The van der Waals surface area contributed by atoms with Crippen LogP contribution in [0.5, 0.6) is 0 Å². The van der Waals surface area contributed by atoms with E-state index in [4.69, 9.17) is 28.3 Å². The summed E-state index contributed by atoms with van der Waals surface area (Å²) in [6.45, 7) is 0.419. The normalized spacial score (nSPS) is 11.0. The molecule has 21 heavy (non-hydrogen) atoms. The molecule has 3 aromatic rings. The van der Waals surface area contributed by atoms with Crippen molar-refractivity contribution in [1.82, 2.24) is 14.4 Å². The van der Waals surface area contributed by atoms with E-state index in [0.29, 0.717) is 28.2 Å². The topological polar surface area (TPSA) is 62.5 Å². The van der Waals surface area contributed by atoms with Crippen LogP contribution in [0.4, 0.5) is 5.95 Å². The Kier molecular flexibility index (Phi) is 3.96. The molecule has 2 N–H and O–H groups in total. The van der Waals surface area contributed by atoms with Crippen molar-refractivity contribution in [2.45, 2.75) is 0 Å². The first kappa shape index (κ1) is 14.1. The van der Waals surface area contributed by atoms with Crippen LogP contribution in [-0.2, 0) is 0 Å². The summed E-state index contributed by atoms with van der Waals surface area (Å²) in [5.74, 6) is 0.597. The highest BCUT2D eigenvalue weighted by atomic mass is 35.5. The van der Waals surface area contributed by atoms with Crippen LogP contribution in [0.15, 0.2) is 36.7 Å². The van der Waals surface area contributed by atoms with E-state index in [1.807, 2.05) is 16.5 Å². The second kappa shape index (κ2) is 5.89. The molecule has 0 fully saturated rings. The third kappa shape index (κ3) is 2.81. The Morgan fingerprint density at radius 2 is 2.10 bits per heavy atom. The van der Waals surface area contributed by atoms with Crippen molar-refractivity contribution in [1.29, 1.82) is 0 Å². The molecule has 1 aromatic carbocycles. The summed E-state index contributed by atoms with van der Waals surface area (Å²) < 4.78 is 1.81. The number of aliphatic hydroxyl groups excluding tert-OH is 1. The number of halogens is 2. The van der Waals surface area contributed by atoms with Crippen molar-refractivity contribution in [3.63, 3.8) is 0 Å². The molecular weight excluding hydrogens is 311 g/mol. The number of imidazole rings is 1. The van der Waals surface area contributed by atoms with Crippen molar-refractivity contribution in [2.24, 2.45) is 0 Å². The Balaban J connectivity index is 2.13. The molecule has 0 aliphatic heterocycles. The zero-order chi connectivity index (χ0) is 14.8. The van der Waals surface area contributed by atoms with Crippen LogP contribution in [0.2, 0.25) is 10.0 Å². The van der Waals surface area contributed by atoms with E-state index < -0.39 is 0 Å². The molecule has 0 amide bonds. The largest absolute Gasteiger partial charge is 0.395 e. The van der Waals surface area contributed by atoms with Gasteiger partial charge in [-0.1, -0.05) is 23.2 Å². The lowest BCUT2D eigenvalue weighted by Crippen LogP contribution is -2.11. The highest BCUT2D eigenvalue weighted by Crippen LogP contribution is 2.30. The van der Waals surface area contributed by atoms with Gasteiger partial charge in [0.2, 0.25) is 5.95 Å². The number of benzene rings is 1. The fourth-order valence-corrected chi connectivity index (χ4v) is 2.56. The van der Waals surface area contributed by atoms with Crippen LogP contribution < -0.4 is 5.32 Å². The first-order valence-corrected chi connectivity index (χ1v) is 7.09. The van der Waals surface area contributed by atoms with E-state index in [-0.39, 0.29) is 6.61 Å². The van der Waals surface area contributed by atoms with Crippen LogP contribution in [0.3, 0.4) is 0 Å². The number of aromatic nitrogens is 3. The Morgan fingerprint density at radius 1 is 1.24 bits per heavy atom. The Bertz CT molecular complexity index is 788. The monoisotopic (exact) mass is 322 g/mol. The Hall–Kier alpha value is -1.82. The van der Waals surface area contributed by atoms with E-state index in [1.54, 1.807) is 24.5 Å².